The van der Waals surface area contributed by atoms with Crippen molar-refractivity contribution < 1.29 is 4.74 Å². The molecule has 2 heterocycles. The summed E-state index contributed by atoms with van der Waals surface area (Å²) in [6, 6.07) is 5.84. The van der Waals surface area contributed by atoms with Gasteiger partial charge in [-0.25, -0.2) is 4.98 Å². The van der Waals surface area contributed by atoms with Gasteiger partial charge in [-0.3, -0.25) is 9.36 Å². The van der Waals surface area contributed by atoms with E-state index in [1.165, 1.54) is 12.8 Å². The highest BCUT2D eigenvalue weighted by Gasteiger charge is 2.15. The van der Waals surface area contributed by atoms with Gasteiger partial charge in [-0.1, -0.05) is 12.5 Å². The van der Waals surface area contributed by atoms with E-state index in [0.717, 1.165) is 13.0 Å². The zero-order valence-corrected chi connectivity index (χ0v) is 11.6. The van der Waals surface area contributed by atoms with E-state index in [0.29, 0.717) is 29.2 Å². The van der Waals surface area contributed by atoms with Gasteiger partial charge in [0.05, 0.1) is 19.0 Å². The molecule has 0 saturated carbocycles. The maximum atomic E-state index is 12.6. The summed E-state index contributed by atoms with van der Waals surface area (Å²) < 4.78 is 6.97. The number of piperidine rings is 1. The van der Waals surface area contributed by atoms with Crippen LogP contribution >= 0.6 is 0 Å². The molecule has 5 heteroatoms. The molecule has 0 aliphatic carbocycles. The van der Waals surface area contributed by atoms with E-state index in [1.807, 2.05) is 12.1 Å². The van der Waals surface area contributed by atoms with E-state index in [9.17, 15) is 4.79 Å². The highest BCUT2D eigenvalue weighted by atomic mass is 16.5. The fourth-order valence-electron chi connectivity index (χ4n) is 2.79. The van der Waals surface area contributed by atoms with Crippen molar-refractivity contribution in [2.24, 2.45) is 0 Å². The maximum absolute atomic E-state index is 12.6. The highest BCUT2D eigenvalue weighted by Crippen LogP contribution is 2.20. The standard InChI is InChI=1S/C15H19N3O2/c1-20-13-7-4-6-12-14(13)15(19)18(10-17-12)9-11-5-2-3-8-16-11/h4,6-7,10-11,16H,2-3,5,8-9H2,1H3. The quantitative estimate of drug-likeness (QED) is 0.922. The average molecular weight is 273 g/mol. The molecule has 1 saturated heterocycles. The Morgan fingerprint density at radius 3 is 3.10 bits per heavy atom. The van der Waals surface area contributed by atoms with Crippen LogP contribution in [0.2, 0.25) is 0 Å². The van der Waals surface area contributed by atoms with Crippen molar-refractivity contribution in [1.29, 1.82) is 0 Å². The lowest BCUT2D eigenvalue weighted by Gasteiger charge is -2.24. The van der Waals surface area contributed by atoms with Crippen LogP contribution in [0.15, 0.2) is 29.3 Å². The van der Waals surface area contributed by atoms with Gasteiger partial charge in [-0.15, -0.1) is 0 Å². The number of aromatic nitrogens is 2. The second kappa shape index (κ2) is 5.63. The van der Waals surface area contributed by atoms with Gasteiger partial charge in [0.2, 0.25) is 0 Å². The minimum atomic E-state index is -0.0279. The van der Waals surface area contributed by atoms with Gasteiger partial charge in [0.25, 0.3) is 5.56 Å². The van der Waals surface area contributed by atoms with Crippen LogP contribution in [-0.2, 0) is 6.54 Å². The van der Waals surface area contributed by atoms with Crippen LogP contribution in [0.5, 0.6) is 5.75 Å². The average Bonchev–Trinajstić information content (AvgIpc) is 2.50. The molecule has 0 radical (unpaired) electrons. The van der Waals surface area contributed by atoms with Gasteiger partial charge in [0.1, 0.15) is 11.1 Å². The lowest BCUT2D eigenvalue weighted by atomic mass is 10.1. The van der Waals surface area contributed by atoms with Crippen LogP contribution in [0.25, 0.3) is 10.9 Å². The first-order chi connectivity index (χ1) is 9.79. The predicted octanol–water partition coefficient (Wildman–Crippen LogP) is 1.55. The molecular formula is C15H19N3O2. The largest absolute Gasteiger partial charge is 0.496 e. The van der Waals surface area contributed by atoms with Crippen LogP contribution in [0.3, 0.4) is 0 Å². The van der Waals surface area contributed by atoms with Crippen molar-refractivity contribution in [2.75, 3.05) is 13.7 Å². The molecule has 1 aliphatic rings. The zero-order valence-electron chi connectivity index (χ0n) is 11.6. The third-order valence-electron chi connectivity index (χ3n) is 3.86. The molecule has 1 aliphatic heterocycles. The van der Waals surface area contributed by atoms with Gasteiger partial charge in [-0.05, 0) is 31.5 Å². The summed E-state index contributed by atoms with van der Waals surface area (Å²) in [5, 5.41) is 4.02. The van der Waals surface area contributed by atoms with Crippen molar-refractivity contribution in [3.05, 3.63) is 34.9 Å². The Morgan fingerprint density at radius 2 is 2.35 bits per heavy atom. The number of benzene rings is 1. The van der Waals surface area contributed by atoms with Gasteiger partial charge >= 0.3 is 0 Å². The van der Waals surface area contributed by atoms with E-state index < -0.39 is 0 Å². The molecule has 5 nitrogen and oxygen atoms in total. The van der Waals surface area contributed by atoms with E-state index >= 15 is 0 Å². The van der Waals surface area contributed by atoms with Crippen LogP contribution < -0.4 is 15.6 Å². The summed E-state index contributed by atoms with van der Waals surface area (Å²) in [4.78, 5) is 17.0. The lowest BCUT2D eigenvalue weighted by molar-refractivity contribution is 0.358. The topological polar surface area (TPSA) is 56.1 Å². The lowest BCUT2D eigenvalue weighted by Crippen LogP contribution is -2.39. The highest BCUT2D eigenvalue weighted by molar-refractivity contribution is 5.83. The van der Waals surface area contributed by atoms with E-state index in [4.69, 9.17) is 4.74 Å². The smallest absolute Gasteiger partial charge is 0.265 e. The van der Waals surface area contributed by atoms with Crippen molar-refractivity contribution in [1.82, 2.24) is 14.9 Å². The number of fused-ring (bicyclic) bond motifs is 1. The van der Waals surface area contributed by atoms with E-state index in [1.54, 1.807) is 24.1 Å². The number of hydrogen-bond donors (Lipinski definition) is 1. The summed E-state index contributed by atoms with van der Waals surface area (Å²) in [5.41, 5.74) is 0.655. The van der Waals surface area contributed by atoms with Gasteiger partial charge < -0.3 is 10.1 Å². The number of methoxy groups -OCH3 is 1. The third-order valence-corrected chi connectivity index (χ3v) is 3.86. The van der Waals surface area contributed by atoms with Gasteiger partial charge in [0.15, 0.2) is 0 Å². The molecule has 1 aromatic heterocycles. The first-order valence-corrected chi connectivity index (χ1v) is 7.05. The fraction of sp³-hybridized carbons (Fsp3) is 0.467. The summed E-state index contributed by atoms with van der Waals surface area (Å²) >= 11 is 0. The Kier molecular flexibility index (Phi) is 3.69. The predicted molar refractivity (Wildman–Crippen MR) is 78.2 cm³/mol. The normalized spacial score (nSPS) is 19.1. The van der Waals surface area contributed by atoms with Crippen molar-refractivity contribution in [3.63, 3.8) is 0 Å². The number of nitrogens with zero attached hydrogens (tertiary/aromatic N) is 2. The minimum Gasteiger partial charge on any atom is -0.496 e. The Hall–Kier alpha value is -1.88. The second-order valence-electron chi connectivity index (χ2n) is 5.20. The summed E-state index contributed by atoms with van der Waals surface area (Å²) in [6.45, 7) is 1.70. The molecule has 3 rings (SSSR count). The molecule has 2 aromatic rings. The number of rotatable bonds is 3. The molecule has 20 heavy (non-hydrogen) atoms. The molecule has 0 amide bonds. The monoisotopic (exact) mass is 273 g/mol. The van der Waals surface area contributed by atoms with E-state index in [2.05, 4.69) is 10.3 Å². The van der Waals surface area contributed by atoms with Crippen molar-refractivity contribution >= 4 is 10.9 Å². The molecule has 1 N–H and O–H groups in total. The number of ether oxygens (including phenoxy) is 1. The van der Waals surface area contributed by atoms with Crippen LogP contribution in [0.4, 0.5) is 0 Å². The minimum absolute atomic E-state index is 0.0279. The molecule has 0 bridgehead atoms. The molecule has 106 valence electrons. The van der Waals surface area contributed by atoms with Crippen LogP contribution in [0, 0.1) is 0 Å². The number of nitrogens with one attached hydrogen (secondary N) is 1. The molecule has 1 atom stereocenters. The molecule has 0 spiro atoms. The van der Waals surface area contributed by atoms with Gasteiger partial charge in [-0.2, -0.15) is 0 Å². The molecule has 1 aromatic carbocycles. The Bertz CT molecular complexity index is 660. The summed E-state index contributed by atoms with van der Waals surface area (Å²) in [7, 11) is 1.58. The second-order valence-corrected chi connectivity index (χ2v) is 5.20. The van der Waals surface area contributed by atoms with Crippen molar-refractivity contribution in [2.45, 2.75) is 31.8 Å². The van der Waals surface area contributed by atoms with Crippen molar-refractivity contribution in [3.8, 4) is 5.75 Å². The SMILES string of the molecule is COc1cccc2ncn(CC3CCCCN3)c(=O)c12. The Morgan fingerprint density at radius 1 is 1.45 bits per heavy atom. The third kappa shape index (κ3) is 2.41. The molecule has 1 unspecified atom stereocenters. The van der Waals surface area contributed by atoms with Gasteiger partial charge in [0, 0.05) is 12.6 Å². The number of hydrogen-bond acceptors (Lipinski definition) is 4. The molecule has 1 fully saturated rings. The Labute approximate surface area is 117 Å². The first-order valence-electron chi connectivity index (χ1n) is 7.05. The van der Waals surface area contributed by atoms with E-state index in [-0.39, 0.29) is 5.56 Å². The summed E-state index contributed by atoms with van der Waals surface area (Å²) in [5.74, 6) is 0.589. The summed E-state index contributed by atoms with van der Waals surface area (Å²) in [6.07, 6.45) is 5.18. The Balaban J connectivity index is 1.99. The van der Waals surface area contributed by atoms with Crippen LogP contribution in [0.1, 0.15) is 19.3 Å². The zero-order chi connectivity index (χ0) is 13.9. The maximum Gasteiger partial charge on any atom is 0.265 e. The first kappa shape index (κ1) is 13.1. The van der Waals surface area contributed by atoms with Crippen LogP contribution in [-0.4, -0.2) is 29.2 Å². The fourth-order valence-corrected chi connectivity index (χ4v) is 2.79. The molecular weight excluding hydrogens is 254 g/mol.